The highest BCUT2D eigenvalue weighted by molar-refractivity contribution is 6.03. The van der Waals surface area contributed by atoms with E-state index in [1.165, 1.54) is 18.3 Å². The number of ether oxygens (including phenoxy) is 1. The van der Waals surface area contributed by atoms with E-state index < -0.39 is 52.9 Å². The van der Waals surface area contributed by atoms with Crippen LogP contribution in [0.1, 0.15) is 30.4 Å². The van der Waals surface area contributed by atoms with Gasteiger partial charge in [0.2, 0.25) is 0 Å². The topological polar surface area (TPSA) is 34.0 Å². The number of hydrogen-bond acceptors (Lipinski definition) is 2. The van der Waals surface area contributed by atoms with Gasteiger partial charge < -0.3 is 4.74 Å². The minimum Gasteiger partial charge on any atom is -0.429 e. The first kappa shape index (κ1) is 34.5. The van der Waals surface area contributed by atoms with Gasteiger partial charge in [0.15, 0.2) is 23.3 Å². The fraction of sp³-hybridized carbons (Fsp3) is 0.143. The van der Waals surface area contributed by atoms with Crippen molar-refractivity contribution in [1.29, 1.82) is 0 Å². The van der Waals surface area contributed by atoms with Crippen LogP contribution in [0.2, 0.25) is 0 Å². The second kappa shape index (κ2) is 16.2. The Kier molecular flexibility index (Phi) is 12.4. The lowest BCUT2D eigenvalue weighted by molar-refractivity contribution is -0.141. The third-order valence-electron chi connectivity index (χ3n) is 6.26. The van der Waals surface area contributed by atoms with E-state index in [0.29, 0.717) is 29.1 Å². The van der Waals surface area contributed by atoms with Crippen LogP contribution in [0.3, 0.4) is 0 Å². The molecule has 0 bridgehead atoms. The van der Waals surface area contributed by atoms with Crippen molar-refractivity contribution in [2.24, 2.45) is 9.98 Å². The van der Waals surface area contributed by atoms with Gasteiger partial charge in [0.25, 0.3) is 0 Å². The van der Waals surface area contributed by atoms with Gasteiger partial charge in [-0.25, -0.2) is 31.9 Å². The molecule has 0 saturated carbocycles. The zero-order valence-electron chi connectivity index (χ0n) is 24.1. The average molecular weight is 627 g/mol. The Morgan fingerprint density at radius 3 is 2.11 bits per heavy atom. The van der Waals surface area contributed by atoms with Crippen LogP contribution < -0.4 is 4.74 Å². The maximum Gasteiger partial charge on any atom is 0.429 e. The predicted molar refractivity (Wildman–Crippen MR) is 164 cm³/mol. The molecule has 0 saturated heterocycles. The van der Waals surface area contributed by atoms with Gasteiger partial charge in [-0.2, -0.15) is 8.78 Å². The molecule has 3 aromatic rings. The van der Waals surface area contributed by atoms with E-state index in [1.54, 1.807) is 36.5 Å². The molecule has 0 aliphatic heterocycles. The van der Waals surface area contributed by atoms with Gasteiger partial charge in [0.1, 0.15) is 17.4 Å². The number of aliphatic imine (C=N–C) groups is 2. The number of alkyl halides is 2. The van der Waals surface area contributed by atoms with Crippen molar-refractivity contribution in [2.75, 3.05) is 0 Å². The molecule has 0 aliphatic carbocycles. The highest BCUT2D eigenvalue weighted by Crippen LogP contribution is 2.35. The maximum absolute atomic E-state index is 15.0. The molecule has 0 heterocycles. The third-order valence-corrected chi connectivity index (χ3v) is 6.26. The monoisotopic (exact) mass is 626 g/mol. The van der Waals surface area contributed by atoms with Gasteiger partial charge >= 0.3 is 6.11 Å². The molecular weight excluding hydrogens is 597 g/mol. The number of amidine groups is 1. The van der Waals surface area contributed by atoms with Gasteiger partial charge in [-0.1, -0.05) is 61.7 Å². The fourth-order valence-electron chi connectivity index (χ4n) is 4.01. The SMILES string of the molecule is C=C/C=C(\C(F)=C/Cc1ccc(-c2ccc(C(N=CCCCC=C)=NC=C)cc2)cc1F)C(F)(F)Oc1cc(F)c(F)c(F)c1. The number of rotatable bonds is 14. The number of benzene rings is 3. The molecule has 0 aromatic heterocycles. The lowest BCUT2D eigenvalue weighted by Crippen LogP contribution is -2.28. The lowest BCUT2D eigenvalue weighted by Gasteiger charge is -2.20. The Morgan fingerprint density at radius 1 is 0.844 bits per heavy atom. The summed E-state index contributed by atoms with van der Waals surface area (Å²) in [4.78, 5) is 8.61. The fourth-order valence-corrected chi connectivity index (χ4v) is 4.01. The van der Waals surface area contributed by atoms with E-state index in [-0.39, 0.29) is 17.7 Å². The molecule has 3 nitrogen and oxygen atoms in total. The third kappa shape index (κ3) is 9.50. The van der Waals surface area contributed by atoms with Crippen molar-refractivity contribution in [1.82, 2.24) is 0 Å². The molecule has 3 aromatic carbocycles. The quantitative estimate of drug-likeness (QED) is 0.0334. The van der Waals surface area contributed by atoms with Gasteiger partial charge in [0, 0.05) is 30.1 Å². The van der Waals surface area contributed by atoms with Gasteiger partial charge in [-0.3, -0.25) is 0 Å². The summed E-state index contributed by atoms with van der Waals surface area (Å²) in [5.74, 6) is -8.26. The summed E-state index contributed by atoms with van der Waals surface area (Å²) in [5, 5.41) is 0. The second-order valence-electron chi connectivity index (χ2n) is 9.44. The average Bonchev–Trinajstić information content (AvgIpc) is 3.01. The molecular formula is C35H29F7N2O. The smallest absolute Gasteiger partial charge is 0.429 e. The van der Waals surface area contributed by atoms with E-state index in [9.17, 15) is 30.7 Å². The van der Waals surface area contributed by atoms with Gasteiger partial charge in [-0.15, -0.1) is 6.58 Å². The summed E-state index contributed by atoms with van der Waals surface area (Å²) in [6, 6.07) is 11.6. The number of nitrogens with zero attached hydrogens (tertiary/aromatic N) is 2. The Bertz CT molecular complexity index is 1630. The molecule has 0 fully saturated rings. The van der Waals surface area contributed by atoms with Crippen LogP contribution in [0.5, 0.6) is 5.75 Å². The summed E-state index contributed by atoms with van der Waals surface area (Å²) < 4.78 is 104. The van der Waals surface area contributed by atoms with E-state index in [4.69, 9.17) is 0 Å². The number of halogens is 7. The summed E-state index contributed by atoms with van der Waals surface area (Å²) in [6.45, 7) is 10.6. The maximum atomic E-state index is 15.0. The number of hydrogen-bond donors (Lipinski definition) is 0. The van der Waals surface area contributed by atoms with Gasteiger partial charge in [0.05, 0.1) is 5.57 Å². The van der Waals surface area contributed by atoms with E-state index in [1.807, 2.05) is 6.08 Å². The van der Waals surface area contributed by atoms with Crippen LogP contribution >= 0.6 is 0 Å². The van der Waals surface area contributed by atoms with E-state index in [2.05, 4.69) is 34.5 Å². The van der Waals surface area contributed by atoms with Gasteiger partial charge in [-0.05, 0) is 60.6 Å². The standard InChI is InChI=1S/C35H29F7N2O/c1-4-7-8-9-19-44-34(43-6-3)25-14-11-23(12-15-25)26-16-13-24(30(37)20-26)17-18-29(36)28(10-5-2)35(41,42)45-27-21-31(38)33(40)32(39)22-27/h4-6,10-16,18-22H,1-3,7-9,17H2/b28-10+,29-18+,43-34?,44-19?. The van der Waals surface area contributed by atoms with Crippen LogP contribution in [0, 0.1) is 23.3 Å². The molecule has 0 aliphatic rings. The zero-order chi connectivity index (χ0) is 33.0. The minimum absolute atomic E-state index is 0.00146. The van der Waals surface area contributed by atoms with E-state index in [0.717, 1.165) is 30.9 Å². The molecule has 0 N–H and O–H groups in total. The first-order chi connectivity index (χ1) is 21.5. The Hall–Kier alpha value is -4.99. The molecule has 3 rings (SSSR count). The van der Waals surface area contributed by atoms with Crippen LogP contribution in [0.25, 0.3) is 11.1 Å². The summed E-state index contributed by atoms with van der Waals surface area (Å²) in [6.07, 6.45) is 4.78. The summed E-state index contributed by atoms with van der Waals surface area (Å²) >= 11 is 0. The van der Waals surface area contributed by atoms with Crippen LogP contribution in [-0.4, -0.2) is 18.2 Å². The Labute approximate surface area is 256 Å². The summed E-state index contributed by atoms with van der Waals surface area (Å²) in [5.41, 5.74) is 0.547. The van der Waals surface area contributed by atoms with Crippen LogP contribution in [-0.2, 0) is 6.42 Å². The first-order valence-electron chi connectivity index (χ1n) is 13.6. The molecule has 234 valence electrons. The zero-order valence-corrected chi connectivity index (χ0v) is 24.1. The second-order valence-corrected chi connectivity index (χ2v) is 9.44. The van der Waals surface area contributed by atoms with Crippen molar-refractivity contribution in [2.45, 2.75) is 31.8 Å². The normalized spacial score (nSPS) is 12.8. The van der Waals surface area contributed by atoms with Crippen molar-refractivity contribution >= 4 is 12.1 Å². The molecule has 0 amide bonds. The first-order valence-corrected chi connectivity index (χ1v) is 13.6. The van der Waals surface area contributed by atoms with Crippen molar-refractivity contribution < 1.29 is 35.5 Å². The predicted octanol–water partition coefficient (Wildman–Crippen LogP) is 10.4. The van der Waals surface area contributed by atoms with Crippen molar-refractivity contribution in [3.8, 4) is 16.9 Å². The van der Waals surface area contributed by atoms with Crippen LogP contribution in [0.15, 0.2) is 126 Å². The molecule has 45 heavy (non-hydrogen) atoms. The lowest BCUT2D eigenvalue weighted by atomic mass is 10.0. The summed E-state index contributed by atoms with van der Waals surface area (Å²) in [7, 11) is 0. The Balaban J connectivity index is 1.76. The molecule has 0 unspecified atom stereocenters. The highest BCUT2D eigenvalue weighted by Gasteiger charge is 2.40. The van der Waals surface area contributed by atoms with Crippen LogP contribution in [0.4, 0.5) is 30.7 Å². The molecule has 10 heteroatoms. The Morgan fingerprint density at radius 2 is 1.51 bits per heavy atom. The largest absolute Gasteiger partial charge is 0.429 e. The van der Waals surface area contributed by atoms with Crippen molar-refractivity contribution in [3.05, 3.63) is 151 Å². The minimum atomic E-state index is -4.45. The van der Waals surface area contributed by atoms with Crippen molar-refractivity contribution in [3.63, 3.8) is 0 Å². The molecule has 0 radical (unpaired) electrons. The molecule has 0 spiro atoms. The number of unbranched alkanes of at least 4 members (excludes halogenated alkanes) is 2. The van der Waals surface area contributed by atoms with E-state index >= 15 is 0 Å². The highest BCUT2D eigenvalue weighted by atomic mass is 19.3. The number of allylic oxidation sites excluding steroid dienone is 4. The molecule has 0 atom stereocenters.